The highest BCUT2D eigenvalue weighted by atomic mass is 35.5. The van der Waals surface area contributed by atoms with Crippen LogP contribution in [0.15, 0.2) is 103 Å². The van der Waals surface area contributed by atoms with Crippen LogP contribution in [0.4, 0.5) is 5.69 Å². The minimum absolute atomic E-state index is 0.266. The number of carbonyl (C=O) groups excluding carboxylic acids is 2. The smallest absolute Gasteiger partial charge is 0.132 e. The van der Waals surface area contributed by atoms with Crippen molar-refractivity contribution >= 4 is 53.6 Å². The van der Waals surface area contributed by atoms with Gasteiger partial charge in [-0.25, -0.2) is 0 Å². The minimum Gasteiger partial charge on any atom is -0.457 e. The third-order valence-electron chi connectivity index (χ3n) is 7.14. The normalized spacial score (nSPS) is 11.5. The molecule has 0 spiro atoms. The van der Waals surface area contributed by atoms with Gasteiger partial charge in [-0.05, 0) is 80.8 Å². The zero-order valence-corrected chi connectivity index (χ0v) is 29.0. The Morgan fingerprint density at radius 2 is 1.59 bits per heavy atom. The van der Waals surface area contributed by atoms with Gasteiger partial charge < -0.3 is 25.0 Å². The number of carbonyl (C=O) groups is 2. The van der Waals surface area contributed by atoms with E-state index in [4.69, 9.17) is 44.3 Å². The number of halogens is 3. The number of ether oxygens (including phenoxy) is 1. The van der Waals surface area contributed by atoms with Gasteiger partial charge in [-0.15, -0.1) is 6.58 Å². The molecule has 4 aromatic carbocycles. The van der Waals surface area contributed by atoms with Crippen LogP contribution in [0.5, 0.6) is 11.5 Å². The lowest BCUT2D eigenvalue weighted by Gasteiger charge is -2.34. The predicted octanol–water partition coefficient (Wildman–Crippen LogP) is 10.6. The van der Waals surface area contributed by atoms with Crippen molar-refractivity contribution in [1.82, 2.24) is 5.32 Å². The molecule has 244 valence electrons. The molecule has 4 aromatic rings. The van der Waals surface area contributed by atoms with E-state index in [0.29, 0.717) is 36.1 Å². The van der Waals surface area contributed by atoms with E-state index in [9.17, 15) is 4.79 Å². The summed E-state index contributed by atoms with van der Waals surface area (Å²) in [4.78, 5) is 19.5. The quantitative estimate of drug-likeness (QED) is 0.102. The second-order valence-corrected chi connectivity index (χ2v) is 12.3. The first kappa shape index (κ1) is 38.6. The zero-order chi connectivity index (χ0) is 34.0. The van der Waals surface area contributed by atoms with Gasteiger partial charge in [0.25, 0.3) is 0 Å². The third kappa shape index (κ3) is 13.0. The molecule has 4 rings (SSSR count). The van der Waals surface area contributed by atoms with Crippen molar-refractivity contribution in [1.29, 1.82) is 0 Å². The van der Waals surface area contributed by atoms with Gasteiger partial charge in [0.05, 0.1) is 0 Å². The minimum atomic E-state index is -0.266. The number of aryl methyl sites for hydroxylation is 1. The summed E-state index contributed by atoms with van der Waals surface area (Å²) < 4.78 is 5.80. The molecule has 8 heteroatoms. The van der Waals surface area contributed by atoms with Crippen molar-refractivity contribution in [2.24, 2.45) is 5.41 Å². The highest BCUT2D eigenvalue weighted by molar-refractivity contribution is 6.35. The van der Waals surface area contributed by atoms with Crippen LogP contribution in [0.3, 0.4) is 0 Å². The molecule has 0 aromatic heterocycles. The molecular formula is C38H43Cl3N2O3. The topological polar surface area (TPSA) is 67.4 Å². The standard InChI is InChI=1S/C23H28Cl2N2O.C14H13ClO.CH2O/c1-17(2)13-23(10-11-28,16-27-21-8-4-18(3)5-9-21)15-26-14-19-6-7-20(24)12-22(19)25;1-2-12-13(15)9-6-10-14(12)16-11-7-4-3-5-8-11;1-2/h4-9,11-12,26-27H,1,10,13-16H2,2-3H3;3-10H,2H2,1H3;1H2. The number of aldehydes is 1. The first-order valence-corrected chi connectivity index (χ1v) is 16.1. The molecule has 1 unspecified atom stereocenters. The molecule has 0 radical (unpaired) electrons. The van der Waals surface area contributed by atoms with Crippen molar-refractivity contribution in [3.63, 3.8) is 0 Å². The lowest BCUT2D eigenvalue weighted by Crippen LogP contribution is -2.40. The van der Waals surface area contributed by atoms with E-state index in [-0.39, 0.29) is 5.41 Å². The summed E-state index contributed by atoms with van der Waals surface area (Å²) in [5, 5.41) is 8.97. The van der Waals surface area contributed by atoms with E-state index in [0.717, 1.165) is 58.0 Å². The number of hydrogen-bond acceptors (Lipinski definition) is 5. The first-order valence-electron chi connectivity index (χ1n) is 15.0. The van der Waals surface area contributed by atoms with Crippen molar-refractivity contribution in [3.8, 4) is 11.5 Å². The third-order valence-corrected chi connectivity index (χ3v) is 8.08. The average Bonchev–Trinajstić information content (AvgIpc) is 3.04. The summed E-state index contributed by atoms with van der Waals surface area (Å²) in [6.07, 6.45) is 3.06. The molecule has 5 nitrogen and oxygen atoms in total. The fourth-order valence-corrected chi connectivity index (χ4v) is 5.68. The highest BCUT2D eigenvalue weighted by Crippen LogP contribution is 2.31. The van der Waals surface area contributed by atoms with Crippen LogP contribution in [-0.2, 0) is 22.6 Å². The van der Waals surface area contributed by atoms with Crippen LogP contribution < -0.4 is 15.4 Å². The van der Waals surface area contributed by atoms with Gasteiger partial charge >= 0.3 is 0 Å². The summed E-state index contributed by atoms with van der Waals surface area (Å²) in [6.45, 7) is 14.1. The fraction of sp³-hybridized carbons (Fsp3) is 0.263. The largest absolute Gasteiger partial charge is 0.457 e. The molecule has 0 fully saturated rings. The van der Waals surface area contributed by atoms with Gasteiger partial charge in [0.15, 0.2) is 0 Å². The van der Waals surface area contributed by atoms with Crippen LogP contribution in [0.2, 0.25) is 15.1 Å². The number of hydrogen-bond donors (Lipinski definition) is 2. The van der Waals surface area contributed by atoms with E-state index >= 15 is 0 Å². The summed E-state index contributed by atoms with van der Waals surface area (Å²) in [7, 11) is 0. The number of para-hydroxylation sites is 1. The molecule has 0 aliphatic heterocycles. The molecule has 0 aliphatic rings. The van der Waals surface area contributed by atoms with Crippen LogP contribution in [0.25, 0.3) is 0 Å². The second-order valence-electron chi connectivity index (χ2n) is 11.0. The summed E-state index contributed by atoms with van der Waals surface area (Å²) in [5.41, 5.74) is 5.08. The number of nitrogens with one attached hydrogen (secondary N) is 2. The van der Waals surface area contributed by atoms with Gasteiger partial charge in [-0.3, -0.25) is 0 Å². The van der Waals surface area contributed by atoms with E-state index in [1.54, 1.807) is 6.07 Å². The van der Waals surface area contributed by atoms with Crippen molar-refractivity contribution in [2.45, 2.75) is 46.6 Å². The van der Waals surface area contributed by atoms with Gasteiger partial charge in [-0.1, -0.05) is 95.3 Å². The molecule has 46 heavy (non-hydrogen) atoms. The summed E-state index contributed by atoms with van der Waals surface area (Å²) >= 11 is 18.4. The Bertz CT molecular complexity index is 1510. The van der Waals surface area contributed by atoms with E-state index in [2.05, 4.69) is 55.3 Å². The average molecular weight is 682 g/mol. The Morgan fingerprint density at radius 3 is 2.20 bits per heavy atom. The van der Waals surface area contributed by atoms with Crippen LogP contribution in [0, 0.1) is 12.3 Å². The van der Waals surface area contributed by atoms with Gasteiger partial charge in [-0.2, -0.15) is 0 Å². The Kier molecular flexibility index (Phi) is 17.2. The summed E-state index contributed by atoms with van der Waals surface area (Å²) in [5.74, 6) is 1.67. The lowest BCUT2D eigenvalue weighted by molar-refractivity contribution is -0.109. The Hall–Kier alpha value is -3.61. The van der Waals surface area contributed by atoms with Crippen LogP contribution in [-0.4, -0.2) is 26.2 Å². The SMILES string of the molecule is C=C(C)CC(CC=O)(CNCc1ccc(Cl)cc1Cl)CNc1ccc(C)cc1.C=O.CCc1c(Cl)cccc1Oc1ccccc1. The monoisotopic (exact) mass is 680 g/mol. The molecule has 0 amide bonds. The number of benzene rings is 4. The van der Waals surface area contributed by atoms with Crippen LogP contribution >= 0.6 is 34.8 Å². The summed E-state index contributed by atoms with van der Waals surface area (Å²) in [6, 6.07) is 29.2. The Balaban J connectivity index is 0.000000345. The molecule has 0 bridgehead atoms. The van der Waals surface area contributed by atoms with Gasteiger partial charge in [0.1, 0.15) is 24.6 Å². The van der Waals surface area contributed by atoms with Crippen LogP contribution in [0.1, 0.15) is 43.4 Å². The fourth-order valence-electron chi connectivity index (χ4n) is 4.90. The molecule has 0 saturated heterocycles. The maximum Gasteiger partial charge on any atom is 0.132 e. The zero-order valence-electron chi connectivity index (χ0n) is 26.8. The molecule has 0 heterocycles. The first-order chi connectivity index (χ1) is 22.1. The van der Waals surface area contributed by atoms with Crippen molar-refractivity contribution in [2.75, 3.05) is 18.4 Å². The molecule has 2 N–H and O–H groups in total. The van der Waals surface area contributed by atoms with Gasteiger partial charge in [0, 0.05) is 57.8 Å². The molecule has 0 saturated carbocycles. The Morgan fingerprint density at radius 1 is 0.891 bits per heavy atom. The Labute approximate surface area is 288 Å². The van der Waals surface area contributed by atoms with Gasteiger partial charge in [0.2, 0.25) is 0 Å². The maximum absolute atomic E-state index is 11.5. The predicted molar refractivity (Wildman–Crippen MR) is 195 cm³/mol. The molecule has 0 aliphatic carbocycles. The molecule has 1 atom stereocenters. The molecular weight excluding hydrogens is 639 g/mol. The van der Waals surface area contributed by atoms with E-state index < -0.39 is 0 Å². The highest BCUT2D eigenvalue weighted by Gasteiger charge is 2.29. The van der Waals surface area contributed by atoms with E-state index in [1.807, 2.05) is 74.4 Å². The lowest BCUT2D eigenvalue weighted by atomic mass is 9.79. The second kappa shape index (κ2) is 20.5. The van der Waals surface area contributed by atoms with Crippen molar-refractivity contribution < 1.29 is 14.3 Å². The van der Waals surface area contributed by atoms with E-state index in [1.165, 1.54) is 5.56 Å². The number of allylic oxidation sites excluding steroid dienone is 1. The number of anilines is 1. The maximum atomic E-state index is 11.5. The number of rotatable bonds is 14. The van der Waals surface area contributed by atoms with Crippen molar-refractivity contribution in [3.05, 3.63) is 135 Å².